The molecule has 96 valence electrons. The first-order valence-electron chi connectivity index (χ1n) is 6.30. The van der Waals surface area contributed by atoms with Crippen LogP contribution in [0.1, 0.15) is 25.8 Å². The Morgan fingerprint density at radius 2 is 2.28 bits per heavy atom. The van der Waals surface area contributed by atoms with Crippen LogP contribution in [-0.4, -0.2) is 30.1 Å². The predicted molar refractivity (Wildman–Crippen MR) is 74.9 cm³/mol. The zero-order valence-electron chi connectivity index (χ0n) is 10.8. The molecule has 0 saturated carbocycles. The van der Waals surface area contributed by atoms with Crippen LogP contribution >= 0.6 is 11.6 Å². The number of halogens is 1. The van der Waals surface area contributed by atoms with Gasteiger partial charge in [0.2, 0.25) is 0 Å². The summed E-state index contributed by atoms with van der Waals surface area (Å²) in [5.41, 5.74) is 1.52. The minimum absolute atomic E-state index is 0.442. The molecule has 0 spiro atoms. The fourth-order valence-electron chi connectivity index (χ4n) is 2.30. The highest BCUT2D eigenvalue weighted by Crippen LogP contribution is 2.25. The number of nitriles is 1. The van der Waals surface area contributed by atoms with Crippen LogP contribution in [0, 0.1) is 11.3 Å². The normalized spacial score (nSPS) is 20.1. The van der Waals surface area contributed by atoms with Gasteiger partial charge in [-0.15, -0.1) is 0 Å². The predicted octanol–water partition coefficient (Wildman–Crippen LogP) is 3.11. The van der Waals surface area contributed by atoms with Crippen LogP contribution in [-0.2, 0) is 0 Å². The monoisotopic (exact) mass is 263 g/mol. The van der Waals surface area contributed by atoms with E-state index in [0.717, 1.165) is 25.2 Å². The van der Waals surface area contributed by atoms with Crippen molar-refractivity contribution in [2.24, 2.45) is 0 Å². The third-order valence-electron chi connectivity index (χ3n) is 3.41. The second-order valence-electron chi connectivity index (χ2n) is 5.03. The Hall–Kier alpha value is -1.24. The van der Waals surface area contributed by atoms with E-state index in [-0.39, 0.29) is 0 Å². The van der Waals surface area contributed by atoms with Crippen molar-refractivity contribution >= 4 is 17.3 Å². The van der Waals surface area contributed by atoms with Gasteiger partial charge in [-0.3, -0.25) is 4.90 Å². The highest BCUT2D eigenvalue weighted by atomic mass is 35.5. The van der Waals surface area contributed by atoms with Gasteiger partial charge in [0.1, 0.15) is 0 Å². The zero-order valence-corrected chi connectivity index (χ0v) is 11.5. The van der Waals surface area contributed by atoms with Crippen molar-refractivity contribution in [3.05, 3.63) is 28.8 Å². The first kappa shape index (κ1) is 13.2. The molecule has 1 unspecified atom stereocenters. The molecule has 0 aliphatic carbocycles. The lowest BCUT2D eigenvalue weighted by Crippen LogP contribution is -2.31. The molecule has 2 rings (SSSR count). The molecule has 1 aliphatic heterocycles. The number of nitrogens with one attached hydrogen (secondary N) is 1. The lowest BCUT2D eigenvalue weighted by Gasteiger charge is -2.21. The lowest BCUT2D eigenvalue weighted by atomic mass is 10.2. The summed E-state index contributed by atoms with van der Waals surface area (Å²) in [5, 5.41) is 12.9. The molecule has 0 aromatic heterocycles. The number of rotatable bonds is 3. The smallest absolute Gasteiger partial charge is 0.0992 e. The van der Waals surface area contributed by atoms with Gasteiger partial charge >= 0.3 is 0 Å². The van der Waals surface area contributed by atoms with Crippen molar-refractivity contribution in [3.8, 4) is 6.07 Å². The average molecular weight is 264 g/mol. The quantitative estimate of drug-likeness (QED) is 0.911. The van der Waals surface area contributed by atoms with E-state index in [1.165, 1.54) is 0 Å². The van der Waals surface area contributed by atoms with Gasteiger partial charge in [0.05, 0.1) is 22.3 Å². The molecule has 1 aromatic carbocycles. The Kier molecular flexibility index (Phi) is 4.11. The van der Waals surface area contributed by atoms with E-state index in [1.807, 2.05) is 6.07 Å². The number of anilines is 1. The van der Waals surface area contributed by atoms with Crippen molar-refractivity contribution in [3.63, 3.8) is 0 Å². The topological polar surface area (TPSA) is 39.1 Å². The number of benzene rings is 1. The Morgan fingerprint density at radius 3 is 2.83 bits per heavy atom. The van der Waals surface area contributed by atoms with Crippen molar-refractivity contribution in [2.75, 3.05) is 18.4 Å². The fourth-order valence-corrected chi connectivity index (χ4v) is 2.53. The molecule has 3 nitrogen and oxygen atoms in total. The number of likely N-dealkylation sites (tertiary alicyclic amines) is 1. The van der Waals surface area contributed by atoms with E-state index in [2.05, 4.69) is 30.1 Å². The van der Waals surface area contributed by atoms with Crippen molar-refractivity contribution in [1.82, 2.24) is 4.90 Å². The summed E-state index contributed by atoms with van der Waals surface area (Å²) in [4.78, 5) is 2.45. The Labute approximate surface area is 113 Å². The first-order valence-corrected chi connectivity index (χ1v) is 6.68. The van der Waals surface area contributed by atoms with E-state index < -0.39 is 0 Å². The molecular formula is C14H18ClN3. The third-order valence-corrected chi connectivity index (χ3v) is 3.72. The van der Waals surface area contributed by atoms with Crippen molar-refractivity contribution in [1.29, 1.82) is 5.26 Å². The summed E-state index contributed by atoms with van der Waals surface area (Å²) >= 11 is 6.16. The molecule has 1 N–H and O–H groups in total. The molecule has 18 heavy (non-hydrogen) atoms. The molecule has 1 aromatic rings. The average Bonchev–Trinajstić information content (AvgIpc) is 2.80. The molecule has 1 heterocycles. The van der Waals surface area contributed by atoms with Gasteiger partial charge < -0.3 is 5.32 Å². The highest BCUT2D eigenvalue weighted by molar-refractivity contribution is 6.33. The van der Waals surface area contributed by atoms with Gasteiger partial charge in [-0.2, -0.15) is 5.26 Å². The van der Waals surface area contributed by atoms with E-state index in [9.17, 15) is 0 Å². The first-order chi connectivity index (χ1) is 8.60. The van der Waals surface area contributed by atoms with E-state index in [1.54, 1.807) is 12.1 Å². The van der Waals surface area contributed by atoms with E-state index >= 15 is 0 Å². The Balaban J connectivity index is 2.01. The minimum atomic E-state index is 0.442. The van der Waals surface area contributed by atoms with Crippen LogP contribution in [0.25, 0.3) is 0 Å². The third kappa shape index (κ3) is 2.95. The number of hydrogen-bond donors (Lipinski definition) is 1. The zero-order chi connectivity index (χ0) is 13.1. The molecule has 1 atom stereocenters. The molecule has 4 heteroatoms. The van der Waals surface area contributed by atoms with Crippen LogP contribution in [0.3, 0.4) is 0 Å². The van der Waals surface area contributed by atoms with Crippen LogP contribution in [0.4, 0.5) is 5.69 Å². The molecule has 1 aliphatic rings. The van der Waals surface area contributed by atoms with Gasteiger partial charge in [-0.25, -0.2) is 0 Å². The SMILES string of the molecule is CC(C)N1CCC(Nc2ccc(C#N)cc2Cl)C1. The van der Waals surface area contributed by atoms with Gasteiger partial charge in [0.25, 0.3) is 0 Å². The maximum absolute atomic E-state index is 8.80. The second kappa shape index (κ2) is 5.60. The Bertz CT molecular complexity index is 465. The summed E-state index contributed by atoms with van der Waals surface area (Å²) in [6.45, 7) is 6.62. The molecule has 1 saturated heterocycles. The van der Waals surface area contributed by atoms with Crippen molar-refractivity contribution in [2.45, 2.75) is 32.4 Å². The fraction of sp³-hybridized carbons (Fsp3) is 0.500. The van der Waals surface area contributed by atoms with Gasteiger partial charge in [-0.05, 0) is 38.5 Å². The van der Waals surface area contributed by atoms with Crippen LogP contribution in [0.15, 0.2) is 18.2 Å². The Morgan fingerprint density at radius 1 is 1.50 bits per heavy atom. The summed E-state index contributed by atoms with van der Waals surface area (Å²) < 4.78 is 0. The van der Waals surface area contributed by atoms with Crippen LogP contribution in [0.5, 0.6) is 0 Å². The summed E-state index contributed by atoms with van der Waals surface area (Å²) in [6.07, 6.45) is 1.13. The molecular weight excluding hydrogens is 246 g/mol. The molecule has 0 bridgehead atoms. The van der Waals surface area contributed by atoms with E-state index in [0.29, 0.717) is 22.7 Å². The summed E-state index contributed by atoms with van der Waals surface area (Å²) in [5.74, 6) is 0. The maximum atomic E-state index is 8.80. The largest absolute Gasteiger partial charge is 0.380 e. The highest BCUT2D eigenvalue weighted by Gasteiger charge is 2.24. The maximum Gasteiger partial charge on any atom is 0.0992 e. The molecule has 0 amide bonds. The van der Waals surface area contributed by atoms with Crippen LogP contribution < -0.4 is 5.32 Å². The second-order valence-corrected chi connectivity index (χ2v) is 5.43. The number of hydrogen-bond acceptors (Lipinski definition) is 3. The van der Waals surface area contributed by atoms with Gasteiger partial charge in [0.15, 0.2) is 0 Å². The minimum Gasteiger partial charge on any atom is -0.380 e. The lowest BCUT2D eigenvalue weighted by molar-refractivity contribution is 0.274. The standard InChI is InChI=1S/C14H18ClN3/c1-10(2)18-6-5-12(9-18)17-14-4-3-11(8-16)7-13(14)15/h3-4,7,10,12,17H,5-6,9H2,1-2H3. The van der Waals surface area contributed by atoms with Crippen molar-refractivity contribution < 1.29 is 0 Å². The van der Waals surface area contributed by atoms with Gasteiger partial charge in [0, 0.05) is 25.2 Å². The molecule has 1 fully saturated rings. The van der Waals surface area contributed by atoms with Gasteiger partial charge in [-0.1, -0.05) is 11.6 Å². The summed E-state index contributed by atoms with van der Waals surface area (Å²) in [7, 11) is 0. The summed E-state index contributed by atoms with van der Waals surface area (Å²) in [6, 6.07) is 8.51. The van der Waals surface area contributed by atoms with E-state index in [4.69, 9.17) is 16.9 Å². The van der Waals surface area contributed by atoms with Crippen LogP contribution in [0.2, 0.25) is 5.02 Å². The number of nitrogens with zero attached hydrogens (tertiary/aromatic N) is 2. The molecule has 0 radical (unpaired) electrons.